The van der Waals surface area contributed by atoms with Gasteiger partial charge in [-0.1, -0.05) is 60.7 Å². The quantitative estimate of drug-likeness (QED) is 0.466. The first kappa shape index (κ1) is 20.8. The number of ether oxygens (including phenoxy) is 3. The van der Waals surface area contributed by atoms with Crippen molar-refractivity contribution in [2.75, 3.05) is 0 Å². The lowest BCUT2D eigenvalue weighted by molar-refractivity contribution is -0.371. The van der Waals surface area contributed by atoms with Crippen LogP contribution in [-0.2, 0) is 24.6 Å². The Morgan fingerprint density at radius 1 is 0.967 bits per heavy atom. The minimum absolute atomic E-state index is 0.189. The van der Waals surface area contributed by atoms with Crippen LogP contribution in [0, 0.1) is 0 Å². The molecule has 2 aliphatic rings. The summed E-state index contributed by atoms with van der Waals surface area (Å²) in [6.07, 6.45) is -11.0. The number of alkyl halides is 6. The van der Waals surface area contributed by atoms with Crippen LogP contribution in [0.25, 0.3) is 0 Å². The first-order chi connectivity index (χ1) is 13.9. The summed E-state index contributed by atoms with van der Waals surface area (Å²) in [5.74, 6) is -11.5. The number of benzene rings is 2. The second kappa shape index (κ2) is 6.29. The number of rotatable bonds is 7. The van der Waals surface area contributed by atoms with E-state index in [1.165, 1.54) is 54.6 Å². The van der Waals surface area contributed by atoms with Crippen molar-refractivity contribution in [1.82, 2.24) is 0 Å². The summed E-state index contributed by atoms with van der Waals surface area (Å²) in [5, 5.41) is 0. The zero-order valence-electron chi connectivity index (χ0n) is 15.3. The van der Waals surface area contributed by atoms with Crippen LogP contribution in [0.2, 0.25) is 0 Å². The molecule has 4 rings (SSSR count). The summed E-state index contributed by atoms with van der Waals surface area (Å²) in [7, 11) is 0. The molecule has 0 aliphatic carbocycles. The molecule has 30 heavy (non-hydrogen) atoms. The minimum atomic E-state index is -4.81. The van der Waals surface area contributed by atoms with E-state index in [9.17, 15) is 22.4 Å². The van der Waals surface area contributed by atoms with E-state index in [1.807, 2.05) is 0 Å². The van der Waals surface area contributed by atoms with E-state index in [0.29, 0.717) is 6.92 Å². The Morgan fingerprint density at radius 2 is 1.47 bits per heavy atom. The first-order valence-corrected chi connectivity index (χ1v) is 8.74. The fraction of sp³-hybridized carbons (Fsp3) is 0.350. The van der Waals surface area contributed by atoms with E-state index in [1.54, 1.807) is 6.07 Å². The van der Waals surface area contributed by atoms with E-state index >= 15 is 8.78 Å². The number of carbonyl (C=O) groups excluding carboxylic acids is 1. The zero-order chi connectivity index (χ0) is 22.0. The summed E-state index contributed by atoms with van der Waals surface area (Å²) < 4.78 is 98.9. The highest BCUT2D eigenvalue weighted by Crippen LogP contribution is 2.68. The molecular weight excluding hydrogens is 418 g/mol. The van der Waals surface area contributed by atoms with Crippen LogP contribution >= 0.6 is 0 Å². The Morgan fingerprint density at radius 3 is 1.93 bits per heavy atom. The Hall–Kier alpha value is -2.43. The highest BCUT2D eigenvalue weighted by Gasteiger charge is 2.92. The summed E-state index contributed by atoms with van der Waals surface area (Å²) in [5.41, 5.74) is -2.63. The number of hydrogen-bond donors (Lipinski definition) is 0. The number of ketones is 1. The van der Waals surface area contributed by atoms with Gasteiger partial charge in [0.05, 0.1) is 0 Å². The molecular formula is C20H14F6O4. The van der Waals surface area contributed by atoms with Crippen LogP contribution in [0.3, 0.4) is 0 Å². The molecule has 2 heterocycles. The molecule has 2 saturated heterocycles. The molecule has 0 N–H and O–H groups in total. The number of hydrogen-bond acceptors (Lipinski definition) is 4. The molecule has 2 aromatic carbocycles. The number of epoxide rings is 2. The van der Waals surface area contributed by atoms with Gasteiger partial charge in [0.25, 0.3) is 0 Å². The Labute approximate surface area is 166 Å². The topological polar surface area (TPSA) is 51.4 Å². The summed E-state index contributed by atoms with van der Waals surface area (Å²) in [6.45, 7) is 0.298. The highest BCUT2D eigenvalue weighted by atomic mass is 19.3. The lowest BCUT2D eigenvalue weighted by Gasteiger charge is -2.32. The molecule has 4 nitrogen and oxygen atoms in total. The molecule has 0 saturated carbocycles. The fourth-order valence-electron chi connectivity index (χ4n) is 3.40. The maximum absolute atomic E-state index is 15.3. The van der Waals surface area contributed by atoms with Crippen molar-refractivity contribution in [3.63, 3.8) is 0 Å². The molecule has 10 heteroatoms. The zero-order valence-corrected chi connectivity index (χ0v) is 15.3. The van der Waals surface area contributed by atoms with Gasteiger partial charge >= 0.3 is 23.9 Å². The summed E-state index contributed by atoms with van der Waals surface area (Å²) in [4.78, 5) is 11.6. The number of halogens is 6. The van der Waals surface area contributed by atoms with Gasteiger partial charge in [-0.25, -0.2) is 0 Å². The van der Waals surface area contributed by atoms with Gasteiger partial charge in [0.15, 0.2) is 0 Å². The van der Waals surface area contributed by atoms with Gasteiger partial charge in [0, 0.05) is 6.92 Å². The van der Waals surface area contributed by atoms with Crippen molar-refractivity contribution >= 4 is 5.78 Å². The Balaban J connectivity index is 1.77. The third-order valence-electron chi connectivity index (χ3n) is 5.09. The lowest BCUT2D eigenvalue weighted by atomic mass is 9.90. The van der Waals surface area contributed by atoms with Crippen LogP contribution in [0.15, 0.2) is 60.7 Å². The molecule has 4 atom stereocenters. The smallest absolute Gasteiger partial charge is 0.347 e. The van der Waals surface area contributed by atoms with E-state index < -0.39 is 41.4 Å². The van der Waals surface area contributed by atoms with E-state index in [4.69, 9.17) is 4.74 Å². The van der Waals surface area contributed by atoms with Crippen molar-refractivity contribution in [3.05, 3.63) is 71.8 Å². The SMILES string of the molecule is CC(=O)C(F)(OC(F)(F)C1(c2ccccc2)OC1c1ccccc1)C1(F)OC1(F)F. The third-order valence-corrected chi connectivity index (χ3v) is 5.09. The van der Waals surface area contributed by atoms with Crippen molar-refractivity contribution < 1.29 is 45.3 Å². The fourth-order valence-corrected chi connectivity index (χ4v) is 3.40. The van der Waals surface area contributed by atoms with E-state index in [-0.39, 0.29) is 11.1 Å². The lowest BCUT2D eigenvalue weighted by Crippen LogP contribution is -2.56. The minimum Gasteiger partial charge on any atom is -0.347 e. The number of Topliss-reactive ketones (excluding diaryl/α,β-unsaturated/α-hetero) is 1. The van der Waals surface area contributed by atoms with Crippen molar-refractivity contribution in [2.45, 2.75) is 42.6 Å². The van der Waals surface area contributed by atoms with Crippen molar-refractivity contribution in [1.29, 1.82) is 0 Å². The number of carbonyl (C=O) groups is 1. The Kier molecular flexibility index (Phi) is 4.36. The predicted molar refractivity (Wildman–Crippen MR) is 88.8 cm³/mol. The summed E-state index contributed by atoms with van der Waals surface area (Å²) in [6, 6.07) is 14.3. The molecule has 160 valence electrons. The van der Waals surface area contributed by atoms with Gasteiger partial charge in [-0.3, -0.25) is 14.3 Å². The van der Waals surface area contributed by atoms with Crippen LogP contribution in [0.4, 0.5) is 26.3 Å². The second-order valence-electron chi connectivity index (χ2n) is 6.99. The molecule has 2 aromatic rings. The van der Waals surface area contributed by atoms with E-state index in [2.05, 4.69) is 9.47 Å². The van der Waals surface area contributed by atoms with Crippen molar-refractivity contribution in [3.8, 4) is 0 Å². The summed E-state index contributed by atoms with van der Waals surface area (Å²) >= 11 is 0. The average Bonchev–Trinajstić information content (AvgIpc) is 3.57. The van der Waals surface area contributed by atoms with Crippen LogP contribution < -0.4 is 0 Å². The standard InChI is InChI=1S/C20H14F6O4/c1-12(27)17(21,18(22)20(25,26)30-18)29-19(23,24)16(14-10-6-3-7-11-14)15(28-16)13-8-4-2-5-9-13/h2-11,15H,1H3. The van der Waals surface area contributed by atoms with Crippen LogP contribution in [-0.4, -0.2) is 29.7 Å². The van der Waals surface area contributed by atoms with Gasteiger partial charge in [0.2, 0.25) is 11.4 Å². The molecule has 2 fully saturated rings. The van der Waals surface area contributed by atoms with Gasteiger partial charge in [-0.05, 0) is 11.1 Å². The maximum atomic E-state index is 15.3. The third kappa shape index (κ3) is 2.70. The van der Waals surface area contributed by atoms with E-state index in [0.717, 1.165) is 0 Å². The first-order valence-electron chi connectivity index (χ1n) is 8.74. The van der Waals surface area contributed by atoms with Gasteiger partial charge in [-0.2, -0.15) is 26.3 Å². The molecule has 0 radical (unpaired) electrons. The van der Waals surface area contributed by atoms with Crippen LogP contribution in [0.1, 0.15) is 24.2 Å². The molecule has 0 amide bonds. The molecule has 0 spiro atoms. The second-order valence-corrected chi connectivity index (χ2v) is 6.99. The van der Waals surface area contributed by atoms with Crippen LogP contribution in [0.5, 0.6) is 0 Å². The largest absolute Gasteiger partial charge is 0.424 e. The normalized spacial score (nSPS) is 31.6. The maximum Gasteiger partial charge on any atom is 0.424 e. The monoisotopic (exact) mass is 432 g/mol. The highest BCUT2D eigenvalue weighted by molar-refractivity contribution is 5.85. The molecule has 4 unspecified atom stereocenters. The molecule has 0 aromatic heterocycles. The molecule has 0 bridgehead atoms. The average molecular weight is 432 g/mol. The van der Waals surface area contributed by atoms with Gasteiger partial charge in [0.1, 0.15) is 6.10 Å². The van der Waals surface area contributed by atoms with Gasteiger partial charge < -0.3 is 4.74 Å². The van der Waals surface area contributed by atoms with Crippen molar-refractivity contribution in [2.24, 2.45) is 0 Å². The van der Waals surface area contributed by atoms with Gasteiger partial charge in [-0.15, -0.1) is 0 Å². The predicted octanol–water partition coefficient (Wildman–Crippen LogP) is 4.81. The Bertz CT molecular complexity index is 972. The molecule has 2 aliphatic heterocycles.